The van der Waals surface area contributed by atoms with Gasteiger partial charge in [-0.25, -0.2) is 4.79 Å². The van der Waals surface area contributed by atoms with Gasteiger partial charge in [0.15, 0.2) is 0 Å². The SMILES string of the molecule is CC(C)(C)OC(=O)N1CC(NCC2CCCNC2)C1. The van der Waals surface area contributed by atoms with Crippen molar-refractivity contribution in [2.24, 2.45) is 5.92 Å². The van der Waals surface area contributed by atoms with E-state index in [2.05, 4.69) is 10.6 Å². The predicted octanol–water partition coefficient (Wildman–Crippen LogP) is 1.19. The monoisotopic (exact) mass is 269 g/mol. The number of piperidine rings is 1. The molecule has 0 aromatic heterocycles. The number of rotatable bonds is 3. The van der Waals surface area contributed by atoms with Gasteiger partial charge in [-0.3, -0.25) is 0 Å². The number of nitrogens with one attached hydrogen (secondary N) is 2. The number of hydrogen-bond acceptors (Lipinski definition) is 4. The molecule has 1 atom stereocenters. The summed E-state index contributed by atoms with van der Waals surface area (Å²) in [5.41, 5.74) is -0.399. The molecule has 0 saturated carbocycles. The highest BCUT2D eigenvalue weighted by atomic mass is 16.6. The van der Waals surface area contributed by atoms with Crippen LogP contribution in [-0.2, 0) is 4.74 Å². The van der Waals surface area contributed by atoms with Gasteiger partial charge in [-0.2, -0.15) is 0 Å². The van der Waals surface area contributed by atoms with Gasteiger partial charge >= 0.3 is 6.09 Å². The molecule has 1 amide bonds. The Kier molecular flexibility index (Phi) is 4.68. The Morgan fingerprint density at radius 1 is 1.42 bits per heavy atom. The Labute approximate surface area is 116 Å². The zero-order valence-electron chi connectivity index (χ0n) is 12.4. The van der Waals surface area contributed by atoms with Gasteiger partial charge in [-0.15, -0.1) is 0 Å². The molecule has 0 spiro atoms. The summed E-state index contributed by atoms with van der Waals surface area (Å²) in [6.45, 7) is 10.6. The minimum Gasteiger partial charge on any atom is -0.444 e. The van der Waals surface area contributed by atoms with Crippen molar-refractivity contribution in [2.45, 2.75) is 45.3 Å². The summed E-state index contributed by atoms with van der Waals surface area (Å²) >= 11 is 0. The molecule has 0 radical (unpaired) electrons. The quantitative estimate of drug-likeness (QED) is 0.808. The third kappa shape index (κ3) is 4.66. The molecule has 2 aliphatic heterocycles. The molecule has 19 heavy (non-hydrogen) atoms. The fourth-order valence-electron chi connectivity index (χ4n) is 2.51. The van der Waals surface area contributed by atoms with Crippen molar-refractivity contribution in [2.75, 3.05) is 32.7 Å². The molecular weight excluding hydrogens is 242 g/mol. The van der Waals surface area contributed by atoms with Crippen LogP contribution in [0.2, 0.25) is 0 Å². The lowest BCUT2D eigenvalue weighted by molar-refractivity contribution is 0.00493. The van der Waals surface area contributed by atoms with E-state index in [9.17, 15) is 4.79 Å². The maximum Gasteiger partial charge on any atom is 0.410 e. The smallest absolute Gasteiger partial charge is 0.410 e. The Balaban J connectivity index is 1.59. The summed E-state index contributed by atoms with van der Waals surface area (Å²) in [6, 6.07) is 0.439. The van der Waals surface area contributed by atoms with Crippen LogP contribution in [0.4, 0.5) is 4.79 Å². The number of hydrogen-bond donors (Lipinski definition) is 2. The summed E-state index contributed by atoms with van der Waals surface area (Å²) in [6.07, 6.45) is 2.40. The molecular formula is C14H27N3O2. The highest BCUT2D eigenvalue weighted by Gasteiger charge is 2.33. The van der Waals surface area contributed by atoms with Crippen molar-refractivity contribution in [3.8, 4) is 0 Å². The first-order valence-electron chi connectivity index (χ1n) is 7.36. The maximum atomic E-state index is 11.8. The second-order valence-electron chi connectivity index (χ2n) is 6.70. The molecule has 5 nitrogen and oxygen atoms in total. The lowest BCUT2D eigenvalue weighted by Crippen LogP contribution is -2.61. The van der Waals surface area contributed by atoms with Crippen LogP contribution < -0.4 is 10.6 Å². The normalized spacial score (nSPS) is 25.0. The molecule has 1 unspecified atom stereocenters. The highest BCUT2D eigenvalue weighted by molar-refractivity contribution is 5.69. The van der Waals surface area contributed by atoms with Crippen molar-refractivity contribution in [1.29, 1.82) is 0 Å². The number of nitrogens with zero attached hydrogens (tertiary/aromatic N) is 1. The van der Waals surface area contributed by atoms with Crippen LogP contribution in [0.1, 0.15) is 33.6 Å². The summed E-state index contributed by atoms with van der Waals surface area (Å²) < 4.78 is 5.33. The fourth-order valence-corrected chi connectivity index (χ4v) is 2.51. The van der Waals surface area contributed by atoms with E-state index in [0.29, 0.717) is 6.04 Å². The zero-order valence-corrected chi connectivity index (χ0v) is 12.4. The second kappa shape index (κ2) is 6.09. The molecule has 0 bridgehead atoms. The molecule has 5 heteroatoms. The molecule has 0 aliphatic carbocycles. The Bertz CT molecular complexity index is 302. The predicted molar refractivity (Wildman–Crippen MR) is 75.2 cm³/mol. The van der Waals surface area contributed by atoms with E-state index in [1.165, 1.54) is 12.8 Å². The van der Waals surface area contributed by atoms with Gasteiger partial charge in [0.2, 0.25) is 0 Å². The van der Waals surface area contributed by atoms with Crippen molar-refractivity contribution in [3.05, 3.63) is 0 Å². The third-order valence-electron chi connectivity index (χ3n) is 3.63. The van der Waals surface area contributed by atoms with Crippen LogP contribution in [0.25, 0.3) is 0 Å². The average Bonchev–Trinajstić information content (AvgIpc) is 2.25. The number of ether oxygens (including phenoxy) is 1. The van der Waals surface area contributed by atoms with Crippen LogP contribution >= 0.6 is 0 Å². The van der Waals surface area contributed by atoms with E-state index in [1.54, 1.807) is 4.90 Å². The topological polar surface area (TPSA) is 53.6 Å². The van der Waals surface area contributed by atoms with Gasteiger partial charge in [-0.1, -0.05) is 0 Å². The molecule has 0 aromatic carbocycles. The molecule has 0 aromatic rings. The maximum absolute atomic E-state index is 11.8. The highest BCUT2D eigenvalue weighted by Crippen LogP contribution is 2.16. The number of carbonyl (C=O) groups excluding carboxylic acids is 1. The number of likely N-dealkylation sites (tertiary alicyclic amines) is 1. The zero-order chi connectivity index (χ0) is 13.9. The Morgan fingerprint density at radius 3 is 2.74 bits per heavy atom. The summed E-state index contributed by atoms with van der Waals surface area (Å²) in [7, 11) is 0. The number of amides is 1. The fraction of sp³-hybridized carbons (Fsp3) is 0.929. The standard InChI is InChI=1S/C14H27N3O2/c1-14(2,3)19-13(18)17-9-12(10-17)16-8-11-5-4-6-15-7-11/h11-12,15-16H,4-10H2,1-3H3. The largest absolute Gasteiger partial charge is 0.444 e. The van der Waals surface area contributed by atoms with E-state index in [0.717, 1.165) is 38.6 Å². The van der Waals surface area contributed by atoms with Crippen molar-refractivity contribution >= 4 is 6.09 Å². The van der Waals surface area contributed by atoms with Crippen molar-refractivity contribution < 1.29 is 9.53 Å². The van der Waals surface area contributed by atoms with Crippen LogP contribution in [0, 0.1) is 5.92 Å². The molecule has 2 heterocycles. The van der Waals surface area contributed by atoms with Gasteiger partial charge in [-0.05, 0) is 59.2 Å². The molecule has 2 fully saturated rings. The van der Waals surface area contributed by atoms with E-state index >= 15 is 0 Å². The van der Waals surface area contributed by atoms with Crippen molar-refractivity contribution in [1.82, 2.24) is 15.5 Å². The first kappa shape index (κ1) is 14.6. The number of carbonyl (C=O) groups is 1. The van der Waals surface area contributed by atoms with Crippen LogP contribution in [-0.4, -0.2) is 55.4 Å². The summed E-state index contributed by atoms with van der Waals surface area (Å²) in [5.74, 6) is 0.740. The second-order valence-corrected chi connectivity index (χ2v) is 6.70. The average molecular weight is 269 g/mol. The molecule has 2 rings (SSSR count). The first-order chi connectivity index (χ1) is 8.94. The minimum atomic E-state index is -0.399. The van der Waals surface area contributed by atoms with Gasteiger partial charge in [0, 0.05) is 19.1 Å². The molecule has 2 N–H and O–H groups in total. The van der Waals surface area contributed by atoms with Gasteiger partial charge in [0.1, 0.15) is 5.60 Å². The van der Waals surface area contributed by atoms with E-state index in [1.807, 2.05) is 20.8 Å². The van der Waals surface area contributed by atoms with E-state index in [4.69, 9.17) is 4.74 Å². The van der Waals surface area contributed by atoms with E-state index in [-0.39, 0.29) is 6.09 Å². The van der Waals surface area contributed by atoms with Crippen LogP contribution in [0.5, 0.6) is 0 Å². The first-order valence-corrected chi connectivity index (χ1v) is 7.36. The molecule has 2 saturated heterocycles. The molecule has 110 valence electrons. The summed E-state index contributed by atoms with van der Waals surface area (Å²) in [5, 5.41) is 6.97. The van der Waals surface area contributed by atoms with Crippen LogP contribution in [0.15, 0.2) is 0 Å². The Hall–Kier alpha value is -0.810. The van der Waals surface area contributed by atoms with Gasteiger partial charge < -0.3 is 20.3 Å². The lowest BCUT2D eigenvalue weighted by atomic mass is 9.99. The van der Waals surface area contributed by atoms with Crippen molar-refractivity contribution in [3.63, 3.8) is 0 Å². The van der Waals surface area contributed by atoms with Gasteiger partial charge in [0.25, 0.3) is 0 Å². The summed E-state index contributed by atoms with van der Waals surface area (Å²) in [4.78, 5) is 13.5. The van der Waals surface area contributed by atoms with Gasteiger partial charge in [0.05, 0.1) is 0 Å². The molecule has 2 aliphatic rings. The Morgan fingerprint density at radius 2 is 2.16 bits per heavy atom. The minimum absolute atomic E-state index is 0.190. The van der Waals surface area contributed by atoms with E-state index < -0.39 is 5.60 Å². The lowest BCUT2D eigenvalue weighted by Gasteiger charge is -2.41. The third-order valence-corrected chi connectivity index (χ3v) is 3.63. The van der Waals surface area contributed by atoms with Crippen LogP contribution in [0.3, 0.4) is 0 Å².